The average molecular weight is 635 g/mol. The number of aromatic amines is 2. The topological polar surface area (TPSA) is 78.9 Å². The predicted octanol–water partition coefficient (Wildman–Crippen LogP) is 8.59. The first-order chi connectivity index (χ1) is 22.0. The number of alkyl halides is 3. The molecule has 0 aliphatic carbocycles. The molecule has 2 unspecified atom stereocenters. The lowest BCUT2D eigenvalue weighted by atomic mass is 9.74. The first kappa shape index (κ1) is 30.2. The second-order valence-electron chi connectivity index (χ2n) is 12.2. The van der Waals surface area contributed by atoms with E-state index in [1.54, 1.807) is 17.7 Å². The Kier molecular flexibility index (Phi) is 7.28. The summed E-state index contributed by atoms with van der Waals surface area (Å²) in [7, 11) is 0. The monoisotopic (exact) mass is 634 g/mol. The van der Waals surface area contributed by atoms with Crippen molar-refractivity contribution >= 4 is 21.8 Å². The van der Waals surface area contributed by atoms with Crippen molar-refractivity contribution in [2.45, 2.75) is 50.9 Å². The minimum atomic E-state index is -4.48. The summed E-state index contributed by atoms with van der Waals surface area (Å²) in [5, 5.41) is 15.6. The number of H-pyrrole nitrogens is 2. The maximum atomic E-state index is 14.7. The van der Waals surface area contributed by atoms with Crippen LogP contribution in [0.3, 0.4) is 0 Å². The van der Waals surface area contributed by atoms with Gasteiger partial charge in [0.05, 0.1) is 30.1 Å². The van der Waals surface area contributed by atoms with E-state index in [9.17, 15) is 27.1 Å². The Morgan fingerprint density at radius 1 is 1.02 bits per heavy atom. The van der Waals surface area contributed by atoms with Crippen LogP contribution in [0.15, 0.2) is 66.7 Å². The number of aliphatic hydroxyl groups is 1. The van der Waals surface area contributed by atoms with Crippen molar-refractivity contribution < 1.29 is 31.8 Å². The Labute approximate surface area is 260 Å². The molecule has 6 aromatic rings. The van der Waals surface area contributed by atoms with Gasteiger partial charge >= 0.3 is 6.18 Å². The standard InChI is InChI=1S/C35H31F5N4O2/c1-19-29-25(11-10-23(36)31(29)37)41-32(19)26-17-27(44(43-26)13-14-45)28-18-34(2,12-15-46-28)33-30(22-8-3-4-9-24(22)42-33)20-6-5-7-21(16-20)35(38,39)40/h3-11,16-17,28,41-42,45H,12-15,18H2,1-2H3. The smallest absolute Gasteiger partial charge is 0.394 e. The number of aliphatic hydroxyl groups excluding tert-OH is 1. The number of hydrogen-bond donors (Lipinski definition) is 3. The van der Waals surface area contributed by atoms with Crippen LogP contribution in [0.1, 0.15) is 48.4 Å². The van der Waals surface area contributed by atoms with Gasteiger partial charge in [-0.15, -0.1) is 0 Å². The molecule has 1 fully saturated rings. The SMILES string of the molecule is Cc1c(-c2cc(C3CC(C)(c4[nH]c5ccccc5c4-c4cccc(C(F)(F)F)c4)CCO3)n(CCO)n2)[nH]c2ccc(F)c(F)c12. The number of nitrogens with one attached hydrogen (secondary N) is 2. The van der Waals surface area contributed by atoms with E-state index in [1.165, 1.54) is 18.2 Å². The Morgan fingerprint density at radius 2 is 1.83 bits per heavy atom. The van der Waals surface area contributed by atoms with E-state index in [-0.39, 0.29) is 18.5 Å². The summed E-state index contributed by atoms with van der Waals surface area (Å²) in [6, 6.07) is 17.4. The van der Waals surface area contributed by atoms with Crippen molar-refractivity contribution in [1.29, 1.82) is 0 Å². The van der Waals surface area contributed by atoms with Crippen molar-refractivity contribution in [3.8, 4) is 22.5 Å². The number of aryl methyl sites for hydroxylation is 1. The number of rotatable bonds is 6. The van der Waals surface area contributed by atoms with Crippen LogP contribution >= 0.6 is 0 Å². The van der Waals surface area contributed by atoms with Crippen LogP contribution in [-0.2, 0) is 22.9 Å². The highest BCUT2D eigenvalue weighted by Gasteiger charge is 2.40. The van der Waals surface area contributed by atoms with Gasteiger partial charge in [-0.1, -0.05) is 37.3 Å². The van der Waals surface area contributed by atoms with Crippen molar-refractivity contribution in [1.82, 2.24) is 19.7 Å². The second kappa shape index (κ2) is 11.1. The summed E-state index contributed by atoms with van der Waals surface area (Å²) >= 11 is 0. The van der Waals surface area contributed by atoms with Gasteiger partial charge in [0.15, 0.2) is 11.6 Å². The van der Waals surface area contributed by atoms with Crippen LogP contribution in [0.2, 0.25) is 0 Å². The maximum Gasteiger partial charge on any atom is 0.416 e. The van der Waals surface area contributed by atoms with Crippen molar-refractivity contribution in [2.24, 2.45) is 0 Å². The number of ether oxygens (including phenoxy) is 1. The number of fused-ring (bicyclic) bond motifs is 2. The number of aromatic nitrogens is 4. The highest BCUT2D eigenvalue weighted by molar-refractivity contribution is 5.98. The minimum absolute atomic E-state index is 0.149. The van der Waals surface area contributed by atoms with Crippen molar-refractivity contribution in [3.05, 3.63) is 101 Å². The maximum absolute atomic E-state index is 14.7. The van der Waals surface area contributed by atoms with Gasteiger partial charge in [0, 0.05) is 45.1 Å². The van der Waals surface area contributed by atoms with Crippen LogP contribution in [0.5, 0.6) is 0 Å². The normalized spacial score (nSPS) is 19.0. The number of halogens is 5. The zero-order valence-corrected chi connectivity index (χ0v) is 25.1. The summed E-state index contributed by atoms with van der Waals surface area (Å²) in [5.41, 5.74) is 4.22. The number of hydrogen-bond acceptors (Lipinski definition) is 3. The molecule has 0 radical (unpaired) electrons. The lowest BCUT2D eigenvalue weighted by Gasteiger charge is -2.38. The quantitative estimate of drug-likeness (QED) is 0.161. The van der Waals surface area contributed by atoms with Crippen LogP contribution < -0.4 is 0 Å². The summed E-state index contributed by atoms with van der Waals surface area (Å²) in [4.78, 5) is 6.70. The van der Waals surface area contributed by atoms with Crippen molar-refractivity contribution in [3.63, 3.8) is 0 Å². The molecule has 4 heterocycles. The Morgan fingerprint density at radius 3 is 2.61 bits per heavy atom. The van der Waals surface area contributed by atoms with Crippen LogP contribution in [0.4, 0.5) is 22.0 Å². The predicted molar refractivity (Wildman–Crippen MR) is 165 cm³/mol. The molecule has 0 saturated carbocycles. The molecule has 0 bridgehead atoms. The molecule has 6 nitrogen and oxygen atoms in total. The molecule has 0 amide bonds. The summed E-state index contributed by atoms with van der Waals surface area (Å²) in [6.07, 6.45) is -3.89. The highest BCUT2D eigenvalue weighted by atomic mass is 19.4. The van der Waals surface area contributed by atoms with E-state index in [1.807, 2.05) is 30.3 Å². The van der Waals surface area contributed by atoms with Gasteiger partial charge < -0.3 is 19.8 Å². The van der Waals surface area contributed by atoms with Crippen LogP contribution in [-0.4, -0.2) is 38.1 Å². The fourth-order valence-corrected chi connectivity index (χ4v) is 6.88. The van der Waals surface area contributed by atoms with Crippen molar-refractivity contribution in [2.75, 3.05) is 13.2 Å². The minimum Gasteiger partial charge on any atom is -0.394 e. The first-order valence-corrected chi connectivity index (χ1v) is 15.0. The van der Waals surface area contributed by atoms with E-state index >= 15 is 0 Å². The molecule has 7 rings (SSSR count). The first-order valence-electron chi connectivity index (χ1n) is 15.0. The molecule has 3 N–H and O–H groups in total. The number of nitrogens with zero attached hydrogens (tertiary/aromatic N) is 2. The number of benzene rings is 3. The number of para-hydroxylation sites is 1. The summed E-state index contributed by atoms with van der Waals surface area (Å²) in [6.45, 7) is 4.13. The van der Waals surface area contributed by atoms with E-state index < -0.39 is 34.9 Å². The lowest BCUT2D eigenvalue weighted by Crippen LogP contribution is -2.34. The third-order valence-corrected chi connectivity index (χ3v) is 9.21. The summed E-state index contributed by atoms with van der Waals surface area (Å²) in [5.74, 6) is -1.88. The molecular weight excluding hydrogens is 603 g/mol. The van der Waals surface area contributed by atoms with Crippen LogP contribution in [0.25, 0.3) is 44.3 Å². The third kappa shape index (κ3) is 4.98. The lowest BCUT2D eigenvalue weighted by molar-refractivity contribution is -0.137. The molecule has 3 aromatic carbocycles. The molecule has 1 aliphatic heterocycles. The van der Waals surface area contributed by atoms with Gasteiger partial charge in [-0.05, 0) is 67.3 Å². The molecule has 46 heavy (non-hydrogen) atoms. The van der Waals surface area contributed by atoms with Crippen LogP contribution in [0, 0.1) is 18.6 Å². The zero-order chi connectivity index (χ0) is 32.4. The van der Waals surface area contributed by atoms with E-state index in [0.29, 0.717) is 53.2 Å². The van der Waals surface area contributed by atoms with Gasteiger partial charge in [0.25, 0.3) is 0 Å². The largest absolute Gasteiger partial charge is 0.416 e. The second-order valence-corrected chi connectivity index (χ2v) is 12.2. The molecule has 1 aliphatic rings. The Bertz CT molecular complexity index is 2090. The average Bonchev–Trinajstić information content (AvgIpc) is 3.73. The Hall–Kier alpha value is -4.48. The zero-order valence-electron chi connectivity index (χ0n) is 25.1. The molecule has 2 atom stereocenters. The summed E-state index contributed by atoms with van der Waals surface area (Å²) < 4.78 is 78.0. The van der Waals surface area contributed by atoms with E-state index in [2.05, 4.69) is 16.9 Å². The van der Waals surface area contributed by atoms with Gasteiger partial charge in [-0.25, -0.2) is 8.78 Å². The van der Waals surface area contributed by atoms with E-state index in [0.717, 1.165) is 34.3 Å². The fraction of sp³-hybridized carbons (Fsp3) is 0.286. The fourth-order valence-electron chi connectivity index (χ4n) is 6.88. The molecule has 3 aromatic heterocycles. The Balaban J connectivity index is 1.31. The highest BCUT2D eigenvalue weighted by Crippen LogP contribution is 2.48. The third-order valence-electron chi connectivity index (χ3n) is 9.21. The molecule has 238 valence electrons. The molecule has 11 heteroatoms. The molecule has 1 saturated heterocycles. The van der Waals surface area contributed by atoms with Gasteiger partial charge in [-0.2, -0.15) is 18.3 Å². The van der Waals surface area contributed by atoms with Gasteiger partial charge in [0.1, 0.15) is 11.8 Å². The van der Waals surface area contributed by atoms with Gasteiger partial charge in [-0.3, -0.25) is 4.68 Å². The molecule has 0 spiro atoms. The van der Waals surface area contributed by atoms with E-state index in [4.69, 9.17) is 9.84 Å². The molecular formula is C35H31F5N4O2. The van der Waals surface area contributed by atoms with Gasteiger partial charge in [0.2, 0.25) is 0 Å².